The van der Waals surface area contributed by atoms with Crippen molar-refractivity contribution in [3.63, 3.8) is 0 Å². The Kier molecular flexibility index (Phi) is 4.22. The lowest BCUT2D eigenvalue weighted by atomic mass is 10.0. The van der Waals surface area contributed by atoms with Crippen molar-refractivity contribution in [2.75, 3.05) is 19.6 Å². The average Bonchev–Trinajstić information content (AvgIpc) is 2.89. The summed E-state index contributed by atoms with van der Waals surface area (Å²) >= 11 is 0. The second kappa shape index (κ2) is 5.67. The number of nitrogens with one attached hydrogen (secondary N) is 1. The van der Waals surface area contributed by atoms with E-state index in [1.165, 1.54) is 32.1 Å². The lowest BCUT2D eigenvalue weighted by Gasteiger charge is -2.19. The molecule has 0 spiro atoms. The van der Waals surface area contributed by atoms with Gasteiger partial charge < -0.3 is 10.2 Å². The first-order chi connectivity index (χ1) is 7.79. The van der Waals surface area contributed by atoms with Gasteiger partial charge in [0.2, 0.25) is 5.91 Å². The molecule has 2 atom stereocenters. The van der Waals surface area contributed by atoms with E-state index in [0.29, 0.717) is 11.9 Å². The molecular formula is C13H24N2O. The van der Waals surface area contributed by atoms with Crippen LogP contribution in [0.3, 0.4) is 0 Å². The van der Waals surface area contributed by atoms with E-state index < -0.39 is 0 Å². The quantitative estimate of drug-likeness (QED) is 0.789. The predicted molar refractivity (Wildman–Crippen MR) is 65.2 cm³/mol. The van der Waals surface area contributed by atoms with Gasteiger partial charge in [0.05, 0.1) is 0 Å². The number of hydrogen-bond acceptors (Lipinski definition) is 2. The highest BCUT2D eigenvalue weighted by atomic mass is 16.2. The third-order valence-corrected chi connectivity index (χ3v) is 3.92. The summed E-state index contributed by atoms with van der Waals surface area (Å²) in [4.78, 5) is 14.1. The van der Waals surface area contributed by atoms with Gasteiger partial charge in [-0.2, -0.15) is 0 Å². The second-order valence-electron chi connectivity index (χ2n) is 5.28. The maximum Gasteiger partial charge on any atom is 0.224 e. The Morgan fingerprint density at radius 3 is 3.00 bits per heavy atom. The van der Waals surface area contributed by atoms with Gasteiger partial charge in [0.15, 0.2) is 0 Å². The fourth-order valence-corrected chi connectivity index (χ4v) is 2.97. The minimum Gasteiger partial charge on any atom is -0.342 e. The molecule has 0 bridgehead atoms. The fraction of sp³-hybridized carbons (Fsp3) is 0.923. The summed E-state index contributed by atoms with van der Waals surface area (Å²) in [5, 5.41) is 3.40. The Morgan fingerprint density at radius 2 is 2.31 bits per heavy atom. The SMILES string of the molecule is CCCC1CCN(C(=O)CC2CCCN2)C1. The summed E-state index contributed by atoms with van der Waals surface area (Å²) < 4.78 is 0. The van der Waals surface area contributed by atoms with Crippen LogP contribution < -0.4 is 5.32 Å². The molecule has 0 aromatic heterocycles. The molecule has 3 nitrogen and oxygen atoms in total. The molecule has 1 amide bonds. The molecule has 2 unspecified atom stereocenters. The van der Waals surface area contributed by atoms with Crippen LogP contribution in [0.4, 0.5) is 0 Å². The van der Waals surface area contributed by atoms with Crippen molar-refractivity contribution in [3.8, 4) is 0 Å². The van der Waals surface area contributed by atoms with E-state index in [2.05, 4.69) is 17.1 Å². The van der Waals surface area contributed by atoms with Crippen LogP contribution in [0.1, 0.15) is 45.4 Å². The van der Waals surface area contributed by atoms with Gasteiger partial charge in [0.1, 0.15) is 0 Å². The minimum absolute atomic E-state index is 0.373. The number of rotatable bonds is 4. The summed E-state index contributed by atoms with van der Waals surface area (Å²) in [7, 11) is 0. The van der Waals surface area contributed by atoms with Gasteiger partial charge in [0, 0.05) is 25.6 Å². The number of amides is 1. The van der Waals surface area contributed by atoms with Crippen molar-refractivity contribution >= 4 is 5.91 Å². The Bertz CT molecular complexity index is 236. The van der Waals surface area contributed by atoms with Gasteiger partial charge in [0.25, 0.3) is 0 Å². The number of carbonyl (C=O) groups is 1. The summed E-state index contributed by atoms with van der Waals surface area (Å²) in [6, 6.07) is 0.456. The van der Waals surface area contributed by atoms with E-state index in [1.807, 2.05) is 0 Å². The second-order valence-corrected chi connectivity index (χ2v) is 5.28. The van der Waals surface area contributed by atoms with Crippen LogP contribution in [-0.2, 0) is 4.79 Å². The van der Waals surface area contributed by atoms with Crippen molar-refractivity contribution in [2.45, 2.75) is 51.5 Å². The topological polar surface area (TPSA) is 32.3 Å². The van der Waals surface area contributed by atoms with Gasteiger partial charge >= 0.3 is 0 Å². The first-order valence-electron chi connectivity index (χ1n) is 6.80. The molecule has 92 valence electrons. The molecule has 16 heavy (non-hydrogen) atoms. The van der Waals surface area contributed by atoms with Gasteiger partial charge in [-0.15, -0.1) is 0 Å². The monoisotopic (exact) mass is 224 g/mol. The van der Waals surface area contributed by atoms with Crippen molar-refractivity contribution in [1.29, 1.82) is 0 Å². The predicted octanol–water partition coefficient (Wildman–Crippen LogP) is 1.78. The van der Waals surface area contributed by atoms with Gasteiger partial charge in [-0.05, 0) is 38.1 Å². The van der Waals surface area contributed by atoms with Crippen molar-refractivity contribution in [3.05, 3.63) is 0 Å². The molecule has 2 heterocycles. The maximum absolute atomic E-state index is 12.0. The number of likely N-dealkylation sites (tertiary alicyclic amines) is 1. The van der Waals surface area contributed by atoms with Crippen LogP contribution in [0.5, 0.6) is 0 Å². The smallest absolute Gasteiger partial charge is 0.224 e. The zero-order valence-electron chi connectivity index (χ0n) is 10.4. The summed E-state index contributed by atoms with van der Waals surface area (Å²) in [5.41, 5.74) is 0. The van der Waals surface area contributed by atoms with Crippen molar-refractivity contribution in [2.24, 2.45) is 5.92 Å². The van der Waals surface area contributed by atoms with Crippen LogP contribution in [0.15, 0.2) is 0 Å². The molecule has 0 aliphatic carbocycles. The molecule has 0 saturated carbocycles. The third kappa shape index (κ3) is 2.97. The first-order valence-corrected chi connectivity index (χ1v) is 6.80. The van der Waals surface area contributed by atoms with E-state index in [-0.39, 0.29) is 0 Å². The average molecular weight is 224 g/mol. The lowest BCUT2D eigenvalue weighted by Crippen LogP contribution is -2.34. The summed E-state index contributed by atoms with van der Waals surface area (Å²) in [6.45, 7) is 5.33. The highest BCUT2D eigenvalue weighted by Gasteiger charge is 2.27. The summed E-state index contributed by atoms with van der Waals surface area (Å²) in [6.07, 6.45) is 6.88. The van der Waals surface area contributed by atoms with Crippen LogP contribution in [-0.4, -0.2) is 36.5 Å². The van der Waals surface area contributed by atoms with Crippen molar-refractivity contribution < 1.29 is 4.79 Å². The Morgan fingerprint density at radius 1 is 1.44 bits per heavy atom. The van der Waals surface area contributed by atoms with E-state index in [0.717, 1.165) is 32.0 Å². The molecule has 2 saturated heterocycles. The Balaban J connectivity index is 1.73. The van der Waals surface area contributed by atoms with E-state index in [1.54, 1.807) is 0 Å². The normalized spacial score (nSPS) is 29.9. The third-order valence-electron chi connectivity index (χ3n) is 3.92. The van der Waals surface area contributed by atoms with E-state index >= 15 is 0 Å². The van der Waals surface area contributed by atoms with Gasteiger partial charge in [-0.3, -0.25) is 4.79 Å². The van der Waals surface area contributed by atoms with Crippen LogP contribution in [0.2, 0.25) is 0 Å². The molecule has 2 aliphatic rings. The number of hydrogen-bond donors (Lipinski definition) is 1. The summed E-state index contributed by atoms with van der Waals surface area (Å²) in [5.74, 6) is 1.14. The van der Waals surface area contributed by atoms with Gasteiger partial charge in [-0.25, -0.2) is 0 Å². The molecule has 0 aromatic carbocycles. The zero-order chi connectivity index (χ0) is 11.4. The van der Waals surface area contributed by atoms with Crippen LogP contribution in [0, 0.1) is 5.92 Å². The highest BCUT2D eigenvalue weighted by Crippen LogP contribution is 2.22. The van der Waals surface area contributed by atoms with Gasteiger partial charge in [-0.1, -0.05) is 13.3 Å². The van der Waals surface area contributed by atoms with E-state index in [4.69, 9.17) is 0 Å². The number of carbonyl (C=O) groups excluding carboxylic acids is 1. The van der Waals surface area contributed by atoms with Crippen LogP contribution in [0.25, 0.3) is 0 Å². The van der Waals surface area contributed by atoms with E-state index in [9.17, 15) is 4.79 Å². The lowest BCUT2D eigenvalue weighted by molar-refractivity contribution is -0.130. The molecule has 2 aliphatic heterocycles. The standard InChI is InChI=1S/C13H24N2O/c1-2-4-11-6-8-15(10-11)13(16)9-12-5-3-7-14-12/h11-12,14H,2-10H2,1H3. The maximum atomic E-state index is 12.0. The molecule has 1 N–H and O–H groups in total. The molecule has 3 heteroatoms. The Hall–Kier alpha value is -0.570. The first kappa shape index (κ1) is 11.9. The minimum atomic E-state index is 0.373. The fourth-order valence-electron chi connectivity index (χ4n) is 2.97. The van der Waals surface area contributed by atoms with Crippen molar-refractivity contribution in [1.82, 2.24) is 10.2 Å². The molecular weight excluding hydrogens is 200 g/mol. The Labute approximate surface area is 98.6 Å². The number of nitrogens with zero attached hydrogens (tertiary/aromatic N) is 1. The zero-order valence-corrected chi connectivity index (χ0v) is 10.4. The molecule has 0 radical (unpaired) electrons. The highest BCUT2D eigenvalue weighted by molar-refractivity contribution is 5.77. The molecule has 0 aromatic rings. The molecule has 2 rings (SSSR count). The molecule has 2 fully saturated rings. The largest absolute Gasteiger partial charge is 0.342 e. The van der Waals surface area contributed by atoms with Crippen LogP contribution >= 0.6 is 0 Å².